The monoisotopic (exact) mass is 250 g/mol. The zero-order valence-corrected chi connectivity index (χ0v) is 10.9. The number of ether oxygens (including phenoxy) is 1. The van der Waals surface area contributed by atoms with E-state index in [0.717, 1.165) is 25.3 Å². The summed E-state index contributed by atoms with van der Waals surface area (Å²) >= 11 is 0. The number of unbranched alkanes of at least 4 members (excludes halogenated alkanes) is 1. The molecule has 1 aromatic carbocycles. The summed E-state index contributed by atoms with van der Waals surface area (Å²) in [5.41, 5.74) is 0.0264. The molecule has 0 unspecified atom stereocenters. The molecule has 0 N–H and O–H groups in total. The molecule has 0 radical (unpaired) electrons. The summed E-state index contributed by atoms with van der Waals surface area (Å²) < 4.78 is 19.2. The van der Waals surface area contributed by atoms with Crippen LogP contribution in [0.25, 0.3) is 0 Å². The van der Waals surface area contributed by atoms with Gasteiger partial charge in [-0.2, -0.15) is 0 Å². The topological polar surface area (TPSA) is 26.3 Å². The van der Waals surface area contributed by atoms with Crippen LogP contribution in [-0.4, -0.2) is 11.9 Å². The third kappa shape index (κ3) is 3.99. The van der Waals surface area contributed by atoms with Crippen molar-refractivity contribution in [2.45, 2.75) is 39.2 Å². The van der Waals surface area contributed by atoms with Gasteiger partial charge < -0.3 is 4.74 Å². The molecule has 0 heterocycles. The average molecular weight is 250 g/mol. The van der Waals surface area contributed by atoms with Crippen LogP contribution in [0.4, 0.5) is 4.39 Å². The highest BCUT2D eigenvalue weighted by molar-refractivity contribution is 6.04. The van der Waals surface area contributed by atoms with Gasteiger partial charge in [-0.05, 0) is 31.6 Å². The number of hydrogen-bond donors (Lipinski definition) is 0. The Bertz CT molecular complexity index is 427. The molecule has 0 aromatic heterocycles. The third-order valence-corrected chi connectivity index (χ3v) is 2.69. The lowest BCUT2D eigenvalue weighted by molar-refractivity contribution is 0.104. The van der Waals surface area contributed by atoms with Gasteiger partial charge in [0.1, 0.15) is 11.6 Å². The molecule has 98 valence electrons. The van der Waals surface area contributed by atoms with E-state index < -0.39 is 11.6 Å². The Morgan fingerprint density at radius 1 is 1.56 bits per heavy atom. The molecular formula is C15H19FO2. The van der Waals surface area contributed by atoms with Crippen molar-refractivity contribution in [1.82, 2.24) is 0 Å². The zero-order chi connectivity index (χ0) is 13.5. The van der Waals surface area contributed by atoms with Gasteiger partial charge in [-0.25, -0.2) is 4.39 Å². The lowest BCUT2D eigenvalue weighted by atomic mass is 10.1. The molecule has 2 nitrogen and oxygen atoms in total. The second kappa shape index (κ2) is 6.94. The van der Waals surface area contributed by atoms with Gasteiger partial charge in [0.05, 0.1) is 11.7 Å². The van der Waals surface area contributed by atoms with Crippen LogP contribution in [0, 0.1) is 5.82 Å². The van der Waals surface area contributed by atoms with Gasteiger partial charge >= 0.3 is 0 Å². The summed E-state index contributed by atoms with van der Waals surface area (Å²) in [5, 5.41) is 0. The van der Waals surface area contributed by atoms with Crippen LogP contribution in [0.3, 0.4) is 0 Å². The summed E-state index contributed by atoms with van der Waals surface area (Å²) in [6.45, 7) is 7.40. The lowest BCUT2D eigenvalue weighted by Crippen LogP contribution is -2.11. The molecule has 0 fully saturated rings. The van der Waals surface area contributed by atoms with Gasteiger partial charge in [-0.1, -0.05) is 26.3 Å². The Balaban J connectivity index is 2.72. The van der Waals surface area contributed by atoms with Crippen molar-refractivity contribution in [2.24, 2.45) is 0 Å². The van der Waals surface area contributed by atoms with E-state index in [9.17, 15) is 9.18 Å². The minimum atomic E-state index is -0.569. The number of allylic oxidation sites excluding steroid dienone is 1. The van der Waals surface area contributed by atoms with E-state index in [-0.39, 0.29) is 11.7 Å². The highest BCUT2D eigenvalue weighted by Gasteiger charge is 2.11. The number of ketones is 1. The highest BCUT2D eigenvalue weighted by atomic mass is 19.1. The van der Waals surface area contributed by atoms with Crippen LogP contribution in [0.5, 0.6) is 5.75 Å². The van der Waals surface area contributed by atoms with E-state index in [1.165, 1.54) is 12.1 Å². The van der Waals surface area contributed by atoms with Crippen LogP contribution in [0.1, 0.15) is 43.5 Å². The molecular weight excluding hydrogens is 231 g/mol. The Hall–Kier alpha value is -1.64. The van der Waals surface area contributed by atoms with E-state index in [1.807, 2.05) is 6.92 Å². The van der Waals surface area contributed by atoms with Gasteiger partial charge in [0.2, 0.25) is 0 Å². The van der Waals surface area contributed by atoms with E-state index in [1.54, 1.807) is 6.07 Å². The zero-order valence-electron chi connectivity index (χ0n) is 10.9. The Kier molecular flexibility index (Phi) is 5.56. The summed E-state index contributed by atoms with van der Waals surface area (Å²) in [6.07, 6.45) is 4.27. The molecule has 1 rings (SSSR count). The summed E-state index contributed by atoms with van der Waals surface area (Å²) in [6, 6.07) is 4.29. The number of carbonyl (C=O) groups is 1. The largest absolute Gasteiger partial charge is 0.491 e. The minimum Gasteiger partial charge on any atom is -0.491 e. The van der Waals surface area contributed by atoms with Crippen LogP contribution < -0.4 is 4.74 Å². The average Bonchev–Trinajstić information content (AvgIpc) is 2.35. The van der Waals surface area contributed by atoms with Crippen molar-refractivity contribution >= 4 is 5.78 Å². The molecule has 1 aromatic rings. The SMILES string of the molecule is C=CC(=O)c1ccc(O[C@@H](C)CCCC)cc1F. The maximum absolute atomic E-state index is 13.6. The molecule has 0 saturated heterocycles. The Morgan fingerprint density at radius 2 is 2.28 bits per heavy atom. The predicted molar refractivity (Wildman–Crippen MR) is 70.5 cm³/mol. The second-order valence-corrected chi connectivity index (χ2v) is 4.28. The number of hydrogen-bond acceptors (Lipinski definition) is 2. The number of carbonyl (C=O) groups excluding carboxylic acids is 1. The molecule has 0 saturated carbocycles. The first-order valence-electron chi connectivity index (χ1n) is 6.21. The normalized spacial score (nSPS) is 11.9. The summed E-state index contributed by atoms with van der Waals surface area (Å²) in [4.78, 5) is 11.3. The molecule has 0 amide bonds. The molecule has 0 aliphatic rings. The van der Waals surface area contributed by atoms with Crippen molar-refractivity contribution in [2.75, 3.05) is 0 Å². The van der Waals surface area contributed by atoms with Crippen molar-refractivity contribution in [3.8, 4) is 5.75 Å². The fourth-order valence-corrected chi connectivity index (χ4v) is 1.66. The maximum Gasteiger partial charge on any atom is 0.188 e. The molecule has 3 heteroatoms. The lowest BCUT2D eigenvalue weighted by Gasteiger charge is -2.14. The molecule has 0 spiro atoms. The predicted octanol–water partition coefficient (Wildman–Crippen LogP) is 4.15. The van der Waals surface area contributed by atoms with Crippen molar-refractivity contribution in [1.29, 1.82) is 0 Å². The molecule has 0 aliphatic carbocycles. The van der Waals surface area contributed by atoms with E-state index in [4.69, 9.17) is 4.74 Å². The van der Waals surface area contributed by atoms with Crippen LogP contribution in [0.2, 0.25) is 0 Å². The number of benzene rings is 1. The van der Waals surface area contributed by atoms with Crippen molar-refractivity contribution < 1.29 is 13.9 Å². The van der Waals surface area contributed by atoms with Crippen LogP contribution in [0.15, 0.2) is 30.9 Å². The fourth-order valence-electron chi connectivity index (χ4n) is 1.66. The minimum absolute atomic E-state index is 0.0264. The Morgan fingerprint density at radius 3 is 2.83 bits per heavy atom. The van der Waals surface area contributed by atoms with Crippen LogP contribution in [-0.2, 0) is 0 Å². The fraction of sp³-hybridized carbons (Fsp3) is 0.400. The molecule has 0 aliphatic heterocycles. The quantitative estimate of drug-likeness (QED) is 0.536. The van der Waals surface area contributed by atoms with Gasteiger partial charge in [-0.3, -0.25) is 4.79 Å². The van der Waals surface area contributed by atoms with E-state index >= 15 is 0 Å². The van der Waals surface area contributed by atoms with Crippen molar-refractivity contribution in [3.05, 3.63) is 42.2 Å². The highest BCUT2D eigenvalue weighted by Crippen LogP contribution is 2.19. The van der Waals surface area contributed by atoms with E-state index in [0.29, 0.717) is 5.75 Å². The third-order valence-electron chi connectivity index (χ3n) is 2.69. The van der Waals surface area contributed by atoms with Crippen LogP contribution >= 0.6 is 0 Å². The number of halogens is 1. The smallest absolute Gasteiger partial charge is 0.188 e. The standard InChI is InChI=1S/C15H19FO2/c1-4-6-7-11(3)18-12-8-9-13(14(16)10-12)15(17)5-2/h5,8-11H,2,4,6-7H2,1,3H3/t11-/m0/s1. The summed E-state index contributed by atoms with van der Waals surface area (Å²) in [5.74, 6) is -0.533. The van der Waals surface area contributed by atoms with Gasteiger partial charge in [0, 0.05) is 6.07 Å². The maximum atomic E-state index is 13.6. The van der Waals surface area contributed by atoms with Gasteiger partial charge in [0.15, 0.2) is 5.78 Å². The number of rotatable bonds is 7. The second-order valence-electron chi connectivity index (χ2n) is 4.28. The first-order valence-corrected chi connectivity index (χ1v) is 6.21. The molecule has 1 atom stereocenters. The summed E-state index contributed by atoms with van der Waals surface area (Å²) in [7, 11) is 0. The molecule has 0 bridgehead atoms. The van der Waals surface area contributed by atoms with Gasteiger partial charge in [0.25, 0.3) is 0 Å². The van der Waals surface area contributed by atoms with Gasteiger partial charge in [-0.15, -0.1) is 0 Å². The first-order chi connectivity index (χ1) is 8.58. The first kappa shape index (κ1) is 14.4. The van der Waals surface area contributed by atoms with Crippen molar-refractivity contribution in [3.63, 3.8) is 0 Å². The van der Waals surface area contributed by atoms with E-state index in [2.05, 4.69) is 13.5 Å². The Labute approximate surface area is 107 Å². The molecule has 18 heavy (non-hydrogen) atoms.